The fourth-order valence-corrected chi connectivity index (χ4v) is 2.51. The molecule has 1 aliphatic rings. The number of esters is 1. The van der Waals surface area contributed by atoms with Crippen LogP contribution in [0.4, 0.5) is 11.4 Å². The third-order valence-electron chi connectivity index (χ3n) is 3.39. The van der Waals surface area contributed by atoms with Crippen molar-refractivity contribution >= 4 is 17.3 Å². The molecule has 4 heteroatoms. The van der Waals surface area contributed by atoms with Crippen LogP contribution < -0.4 is 10.2 Å². The second-order valence-corrected chi connectivity index (χ2v) is 5.95. The van der Waals surface area contributed by atoms with E-state index in [4.69, 9.17) is 4.74 Å². The van der Waals surface area contributed by atoms with Gasteiger partial charge in [-0.2, -0.15) is 0 Å². The molecule has 2 rings (SSSR count). The Kier molecular flexibility index (Phi) is 3.43. The first-order valence-electron chi connectivity index (χ1n) is 6.61. The standard InChI is InChI=1S/C15H22N2O2/c1-10(2)17-9-15(3,4)16-12-8-11(14(18)19-5)6-7-13(12)17/h6-8,10,16H,9H2,1-5H3. The molecule has 0 atom stereocenters. The maximum atomic E-state index is 11.6. The molecule has 0 spiro atoms. The maximum Gasteiger partial charge on any atom is 0.337 e. The molecule has 1 heterocycles. The monoisotopic (exact) mass is 262 g/mol. The van der Waals surface area contributed by atoms with Crippen LogP contribution in [0, 0.1) is 0 Å². The van der Waals surface area contributed by atoms with Crippen LogP contribution in [0.3, 0.4) is 0 Å². The molecule has 19 heavy (non-hydrogen) atoms. The van der Waals surface area contributed by atoms with Crippen LogP contribution in [0.2, 0.25) is 0 Å². The van der Waals surface area contributed by atoms with E-state index in [0.29, 0.717) is 11.6 Å². The smallest absolute Gasteiger partial charge is 0.337 e. The normalized spacial score (nSPS) is 16.8. The van der Waals surface area contributed by atoms with E-state index in [1.807, 2.05) is 18.2 Å². The molecule has 4 nitrogen and oxygen atoms in total. The molecule has 0 saturated carbocycles. The fourth-order valence-electron chi connectivity index (χ4n) is 2.51. The predicted molar refractivity (Wildman–Crippen MR) is 78.0 cm³/mol. The van der Waals surface area contributed by atoms with Gasteiger partial charge >= 0.3 is 5.97 Å². The van der Waals surface area contributed by atoms with Gasteiger partial charge < -0.3 is 15.0 Å². The van der Waals surface area contributed by atoms with Gasteiger partial charge in [0, 0.05) is 18.1 Å². The number of fused-ring (bicyclic) bond motifs is 1. The van der Waals surface area contributed by atoms with E-state index in [9.17, 15) is 4.79 Å². The molecule has 104 valence electrons. The van der Waals surface area contributed by atoms with Crippen molar-refractivity contribution in [3.05, 3.63) is 23.8 Å². The lowest BCUT2D eigenvalue weighted by Crippen LogP contribution is -2.50. The first kappa shape index (κ1) is 13.7. The lowest BCUT2D eigenvalue weighted by molar-refractivity contribution is 0.0601. The fraction of sp³-hybridized carbons (Fsp3) is 0.533. The summed E-state index contributed by atoms with van der Waals surface area (Å²) >= 11 is 0. The summed E-state index contributed by atoms with van der Waals surface area (Å²) < 4.78 is 4.77. The Hall–Kier alpha value is -1.71. The van der Waals surface area contributed by atoms with Crippen molar-refractivity contribution in [1.29, 1.82) is 0 Å². The zero-order valence-electron chi connectivity index (χ0n) is 12.3. The highest BCUT2D eigenvalue weighted by atomic mass is 16.5. The molecule has 0 saturated heterocycles. The summed E-state index contributed by atoms with van der Waals surface area (Å²) in [5, 5.41) is 3.49. The highest BCUT2D eigenvalue weighted by molar-refractivity contribution is 5.92. The summed E-state index contributed by atoms with van der Waals surface area (Å²) in [6.45, 7) is 9.63. The minimum atomic E-state index is -0.302. The summed E-state index contributed by atoms with van der Waals surface area (Å²) in [7, 11) is 1.40. The largest absolute Gasteiger partial charge is 0.465 e. The van der Waals surface area contributed by atoms with E-state index >= 15 is 0 Å². The van der Waals surface area contributed by atoms with Gasteiger partial charge in [0.25, 0.3) is 0 Å². The van der Waals surface area contributed by atoms with E-state index < -0.39 is 0 Å². The van der Waals surface area contributed by atoms with Crippen LogP contribution >= 0.6 is 0 Å². The van der Waals surface area contributed by atoms with Crippen molar-refractivity contribution in [2.75, 3.05) is 23.9 Å². The first-order chi connectivity index (χ1) is 8.84. The number of nitrogens with one attached hydrogen (secondary N) is 1. The number of nitrogens with zero attached hydrogens (tertiary/aromatic N) is 1. The zero-order valence-corrected chi connectivity index (χ0v) is 12.3. The van der Waals surface area contributed by atoms with E-state index in [0.717, 1.165) is 17.9 Å². The van der Waals surface area contributed by atoms with Crippen LogP contribution in [0.5, 0.6) is 0 Å². The van der Waals surface area contributed by atoms with Crippen LogP contribution in [0.15, 0.2) is 18.2 Å². The topological polar surface area (TPSA) is 41.6 Å². The van der Waals surface area contributed by atoms with Gasteiger partial charge in [0.05, 0.1) is 24.0 Å². The van der Waals surface area contributed by atoms with Crippen molar-refractivity contribution in [3.63, 3.8) is 0 Å². The van der Waals surface area contributed by atoms with Gasteiger partial charge in [-0.15, -0.1) is 0 Å². The molecule has 1 aromatic rings. The zero-order chi connectivity index (χ0) is 14.2. The van der Waals surface area contributed by atoms with Crippen molar-refractivity contribution < 1.29 is 9.53 Å². The highest BCUT2D eigenvalue weighted by Crippen LogP contribution is 2.36. The summed E-state index contributed by atoms with van der Waals surface area (Å²) in [5.41, 5.74) is 2.69. The molecule has 1 aliphatic heterocycles. The van der Waals surface area contributed by atoms with Gasteiger partial charge in [-0.05, 0) is 45.9 Å². The molecule has 0 bridgehead atoms. The number of methoxy groups -OCH3 is 1. The van der Waals surface area contributed by atoms with E-state index in [1.165, 1.54) is 7.11 Å². The highest BCUT2D eigenvalue weighted by Gasteiger charge is 2.31. The van der Waals surface area contributed by atoms with E-state index in [1.54, 1.807) is 0 Å². The van der Waals surface area contributed by atoms with Gasteiger partial charge in [0.2, 0.25) is 0 Å². The van der Waals surface area contributed by atoms with Crippen molar-refractivity contribution in [1.82, 2.24) is 0 Å². The number of anilines is 2. The SMILES string of the molecule is COC(=O)c1ccc2c(c1)NC(C)(C)CN2C(C)C. The van der Waals surface area contributed by atoms with Gasteiger partial charge in [-0.1, -0.05) is 0 Å². The molecular weight excluding hydrogens is 240 g/mol. The molecule has 0 aromatic heterocycles. The van der Waals surface area contributed by atoms with Gasteiger partial charge in [-0.3, -0.25) is 0 Å². The van der Waals surface area contributed by atoms with Crippen LogP contribution in [0.25, 0.3) is 0 Å². The van der Waals surface area contributed by atoms with Crippen molar-refractivity contribution in [2.24, 2.45) is 0 Å². The summed E-state index contributed by atoms with van der Waals surface area (Å²) in [4.78, 5) is 14.0. The summed E-state index contributed by atoms with van der Waals surface area (Å²) in [5.74, 6) is -0.302. The van der Waals surface area contributed by atoms with E-state index in [-0.39, 0.29) is 11.5 Å². The Morgan fingerprint density at radius 3 is 2.68 bits per heavy atom. The molecule has 1 aromatic carbocycles. The Labute approximate surface area is 114 Å². The Morgan fingerprint density at radius 1 is 1.42 bits per heavy atom. The number of carbonyl (C=O) groups excluding carboxylic acids is 1. The van der Waals surface area contributed by atoms with E-state index in [2.05, 4.69) is 37.9 Å². The number of carbonyl (C=O) groups is 1. The molecule has 0 aliphatic carbocycles. The minimum absolute atomic E-state index is 0.0218. The second-order valence-electron chi connectivity index (χ2n) is 5.95. The predicted octanol–water partition coefficient (Wildman–Crippen LogP) is 2.89. The lowest BCUT2D eigenvalue weighted by atomic mass is 9.97. The maximum absolute atomic E-state index is 11.6. The number of hydrogen-bond donors (Lipinski definition) is 1. The first-order valence-corrected chi connectivity index (χ1v) is 6.61. The van der Waals surface area contributed by atoms with Crippen molar-refractivity contribution in [3.8, 4) is 0 Å². The minimum Gasteiger partial charge on any atom is -0.465 e. The van der Waals surface area contributed by atoms with Crippen LogP contribution in [0.1, 0.15) is 38.1 Å². The van der Waals surface area contributed by atoms with Crippen LogP contribution in [-0.2, 0) is 4.74 Å². The molecule has 0 fully saturated rings. The average Bonchev–Trinajstić information content (AvgIpc) is 2.34. The quantitative estimate of drug-likeness (QED) is 0.832. The average molecular weight is 262 g/mol. The number of benzene rings is 1. The molecular formula is C15H22N2O2. The third-order valence-corrected chi connectivity index (χ3v) is 3.39. The number of hydrogen-bond acceptors (Lipinski definition) is 4. The van der Waals surface area contributed by atoms with Gasteiger partial charge in [-0.25, -0.2) is 4.79 Å². The Bertz CT molecular complexity index is 495. The Balaban J connectivity index is 2.45. The third kappa shape index (κ3) is 2.67. The number of rotatable bonds is 2. The van der Waals surface area contributed by atoms with Crippen LogP contribution in [-0.4, -0.2) is 31.2 Å². The summed E-state index contributed by atoms with van der Waals surface area (Å²) in [6, 6.07) is 6.10. The molecule has 0 radical (unpaired) electrons. The Morgan fingerprint density at radius 2 is 2.11 bits per heavy atom. The molecule has 1 N–H and O–H groups in total. The number of ether oxygens (including phenoxy) is 1. The lowest BCUT2D eigenvalue weighted by Gasteiger charge is -2.44. The van der Waals surface area contributed by atoms with Crippen molar-refractivity contribution in [2.45, 2.75) is 39.3 Å². The second kappa shape index (κ2) is 4.76. The molecule has 0 amide bonds. The van der Waals surface area contributed by atoms with Gasteiger partial charge in [0.15, 0.2) is 0 Å². The summed E-state index contributed by atoms with van der Waals surface area (Å²) in [6.07, 6.45) is 0. The molecule has 0 unspecified atom stereocenters. The van der Waals surface area contributed by atoms with Gasteiger partial charge in [0.1, 0.15) is 0 Å².